The Morgan fingerprint density at radius 2 is 1.48 bits per heavy atom. The van der Waals surface area contributed by atoms with Crippen LogP contribution in [0.4, 0.5) is 0 Å². The van der Waals surface area contributed by atoms with E-state index >= 15 is 0 Å². The van der Waals surface area contributed by atoms with Crippen molar-refractivity contribution in [1.82, 2.24) is 4.31 Å². The van der Waals surface area contributed by atoms with Gasteiger partial charge in [0.05, 0.1) is 6.04 Å². The maximum atomic E-state index is 13.2. The first kappa shape index (κ1) is 16.8. The molecule has 0 amide bonds. The fraction of sp³-hybridized carbons (Fsp3) is 0.429. The lowest BCUT2D eigenvalue weighted by Gasteiger charge is -2.51. The van der Waals surface area contributed by atoms with Crippen LogP contribution in [-0.4, -0.2) is 18.8 Å². The second-order valence-corrected chi connectivity index (χ2v) is 9.31. The van der Waals surface area contributed by atoms with Gasteiger partial charge in [0.1, 0.15) is 5.25 Å². The minimum atomic E-state index is -3.29. The van der Waals surface area contributed by atoms with Crippen LogP contribution in [0.2, 0.25) is 0 Å². The van der Waals surface area contributed by atoms with Crippen molar-refractivity contribution >= 4 is 10.0 Å². The van der Waals surface area contributed by atoms with Gasteiger partial charge in [0.15, 0.2) is 0 Å². The fourth-order valence-corrected chi connectivity index (χ4v) is 6.75. The van der Waals surface area contributed by atoms with Crippen molar-refractivity contribution in [2.75, 3.05) is 0 Å². The van der Waals surface area contributed by atoms with Gasteiger partial charge in [0.2, 0.25) is 10.0 Å². The van der Waals surface area contributed by atoms with Gasteiger partial charge in [0.25, 0.3) is 0 Å². The number of benzene rings is 2. The molecule has 4 heteroatoms. The lowest BCUT2D eigenvalue weighted by Crippen LogP contribution is -2.57. The number of sulfonamides is 1. The third kappa shape index (κ3) is 2.91. The summed E-state index contributed by atoms with van der Waals surface area (Å²) in [6, 6.07) is 18.1. The Hall–Kier alpha value is -1.65. The van der Waals surface area contributed by atoms with Crippen LogP contribution in [0.5, 0.6) is 0 Å². The Morgan fingerprint density at radius 1 is 0.840 bits per heavy atom. The van der Waals surface area contributed by atoms with Crippen molar-refractivity contribution in [2.45, 2.75) is 56.4 Å². The summed E-state index contributed by atoms with van der Waals surface area (Å²) in [4.78, 5) is 0. The lowest BCUT2D eigenvalue weighted by atomic mass is 9.91. The van der Waals surface area contributed by atoms with E-state index in [1.807, 2.05) is 34.6 Å². The van der Waals surface area contributed by atoms with E-state index in [0.717, 1.165) is 36.8 Å². The van der Waals surface area contributed by atoms with E-state index in [1.165, 1.54) is 12.0 Å². The largest absolute Gasteiger partial charge is 0.223 e. The molecule has 1 aliphatic carbocycles. The molecule has 25 heavy (non-hydrogen) atoms. The minimum absolute atomic E-state index is 0.0731. The van der Waals surface area contributed by atoms with Gasteiger partial charge in [0, 0.05) is 6.04 Å². The summed E-state index contributed by atoms with van der Waals surface area (Å²) in [5.41, 5.74) is 3.21. The Bertz CT molecular complexity index is 824. The molecule has 1 saturated carbocycles. The van der Waals surface area contributed by atoms with Crippen LogP contribution < -0.4 is 0 Å². The molecule has 0 bridgehead atoms. The van der Waals surface area contributed by atoms with Crippen LogP contribution in [0, 0.1) is 6.92 Å². The smallest absolute Gasteiger partial charge is 0.211 e. The minimum Gasteiger partial charge on any atom is -0.211 e. The molecule has 0 aromatic heterocycles. The highest BCUT2D eigenvalue weighted by molar-refractivity contribution is 7.90. The van der Waals surface area contributed by atoms with Gasteiger partial charge >= 0.3 is 0 Å². The van der Waals surface area contributed by atoms with Gasteiger partial charge in [-0.25, -0.2) is 8.42 Å². The molecule has 1 saturated heterocycles. The molecule has 0 N–H and O–H groups in total. The Morgan fingerprint density at radius 3 is 2.12 bits per heavy atom. The Kier molecular flexibility index (Phi) is 4.42. The molecule has 2 atom stereocenters. The molecule has 3 nitrogen and oxygen atoms in total. The topological polar surface area (TPSA) is 37.4 Å². The summed E-state index contributed by atoms with van der Waals surface area (Å²) in [5, 5.41) is -0.460. The third-order valence-electron chi connectivity index (χ3n) is 5.66. The van der Waals surface area contributed by atoms with Crippen LogP contribution in [0.15, 0.2) is 54.6 Å². The monoisotopic (exact) mass is 355 g/mol. The number of hydrogen-bond donors (Lipinski definition) is 0. The van der Waals surface area contributed by atoms with E-state index in [9.17, 15) is 8.42 Å². The number of rotatable bonds is 3. The third-order valence-corrected chi connectivity index (χ3v) is 7.94. The molecule has 1 aliphatic heterocycles. The second kappa shape index (κ2) is 6.58. The standard InChI is InChI=1S/C21H25NO2S/c1-16-12-14-17(15-13-16)20-21(18-8-4-2-5-9-18)25(23,24)22(20)19-10-6-3-7-11-19/h2,4-5,8-9,12-15,19-21H,3,6-7,10-11H2,1H3/t20-,21+/m1/s1. The quantitative estimate of drug-likeness (QED) is 0.796. The van der Waals surface area contributed by atoms with E-state index in [0.29, 0.717) is 0 Å². The van der Waals surface area contributed by atoms with Gasteiger partial charge in [-0.15, -0.1) is 0 Å². The average Bonchev–Trinajstić information content (AvgIpc) is 2.63. The first-order valence-electron chi connectivity index (χ1n) is 9.23. The number of nitrogens with zero attached hydrogens (tertiary/aromatic N) is 1. The zero-order valence-electron chi connectivity index (χ0n) is 14.6. The van der Waals surface area contributed by atoms with Crippen LogP contribution in [0.3, 0.4) is 0 Å². The van der Waals surface area contributed by atoms with E-state index in [4.69, 9.17) is 0 Å². The first-order chi connectivity index (χ1) is 12.1. The van der Waals surface area contributed by atoms with Crippen molar-refractivity contribution in [3.05, 3.63) is 71.3 Å². The molecular weight excluding hydrogens is 330 g/mol. The molecule has 0 unspecified atom stereocenters. The second-order valence-electron chi connectivity index (χ2n) is 7.35. The summed E-state index contributed by atoms with van der Waals surface area (Å²) in [6.45, 7) is 2.06. The molecule has 2 aromatic rings. The van der Waals surface area contributed by atoms with Gasteiger partial charge < -0.3 is 0 Å². The van der Waals surface area contributed by atoms with E-state index in [2.05, 4.69) is 31.2 Å². The Balaban J connectivity index is 1.76. The zero-order valence-corrected chi connectivity index (χ0v) is 15.5. The summed E-state index contributed by atoms with van der Waals surface area (Å²) >= 11 is 0. The molecule has 0 radical (unpaired) electrons. The predicted octanol–water partition coefficient (Wildman–Crippen LogP) is 4.76. The summed E-state index contributed by atoms with van der Waals surface area (Å²) in [5.74, 6) is 0. The van der Waals surface area contributed by atoms with Gasteiger partial charge in [-0.1, -0.05) is 79.4 Å². The highest BCUT2D eigenvalue weighted by Gasteiger charge is 2.57. The Labute approximate surface area is 150 Å². The normalized spacial score (nSPS) is 26.9. The molecular formula is C21H25NO2S. The summed E-state index contributed by atoms with van der Waals surface area (Å²) in [7, 11) is -3.29. The average molecular weight is 356 g/mol. The van der Waals surface area contributed by atoms with Crippen molar-refractivity contribution < 1.29 is 8.42 Å². The summed E-state index contributed by atoms with van der Waals surface area (Å²) < 4.78 is 28.3. The predicted molar refractivity (Wildman–Crippen MR) is 101 cm³/mol. The van der Waals surface area contributed by atoms with Crippen molar-refractivity contribution in [3.8, 4) is 0 Å². The lowest BCUT2D eigenvalue weighted by molar-refractivity contribution is 0.156. The molecule has 2 fully saturated rings. The first-order valence-corrected chi connectivity index (χ1v) is 10.7. The van der Waals surface area contributed by atoms with E-state index in [1.54, 1.807) is 0 Å². The van der Waals surface area contributed by atoms with Gasteiger partial charge in [-0.3, -0.25) is 0 Å². The highest BCUT2D eigenvalue weighted by Crippen LogP contribution is 2.54. The van der Waals surface area contributed by atoms with Crippen LogP contribution in [0.25, 0.3) is 0 Å². The maximum Gasteiger partial charge on any atom is 0.223 e. The van der Waals surface area contributed by atoms with Gasteiger partial charge in [-0.2, -0.15) is 4.31 Å². The van der Waals surface area contributed by atoms with Crippen LogP contribution in [0.1, 0.15) is 60.1 Å². The summed E-state index contributed by atoms with van der Waals surface area (Å²) in [6.07, 6.45) is 5.47. The fourth-order valence-electron chi connectivity index (χ4n) is 4.38. The molecule has 4 rings (SSSR count). The maximum absolute atomic E-state index is 13.2. The molecule has 2 aliphatic rings. The van der Waals surface area contributed by atoms with Crippen molar-refractivity contribution in [2.24, 2.45) is 0 Å². The van der Waals surface area contributed by atoms with Crippen molar-refractivity contribution in [3.63, 3.8) is 0 Å². The molecule has 1 heterocycles. The highest BCUT2D eigenvalue weighted by atomic mass is 32.2. The molecule has 0 spiro atoms. The zero-order chi connectivity index (χ0) is 17.4. The molecule has 132 valence electrons. The van der Waals surface area contributed by atoms with Crippen LogP contribution >= 0.6 is 0 Å². The number of hydrogen-bond acceptors (Lipinski definition) is 2. The van der Waals surface area contributed by atoms with E-state index in [-0.39, 0.29) is 12.1 Å². The van der Waals surface area contributed by atoms with Crippen molar-refractivity contribution in [1.29, 1.82) is 0 Å². The van der Waals surface area contributed by atoms with Crippen LogP contribution in [-0.2, 0) is 10.0 Å². The van der Waals surface area contributed by atoms with Gasteiger partial charge in [-0.05, 0) is 30.9 Å². The number of aryl methyl sites for hydroxylation is 1. The molecule has 2 aromatic carbocycles. The SMILES string of the molecule is Cc1ccc([C@@H]2[C@H](c3ccccc3)S(=O)(=O)N2C2CCCCC2)cc1. The van der Waals surface area contributed by atoms with E-state index < -0.39 is 15.3 Å².